The van der Waals surface area contributed by atoms with E-state index in [2.05, 4.69) is 15.3 Å². The summed E-state index contributed by atoms with van der Waals surface area (Å²) in [5.41, 5.74) is 1.01. The molecule has 0 radical (unpaired) electrons. The molecule has 0 spiro atoms. The van der Waals surface area contributed by atoms with Crippen LogP contribution in [0.2, 0.25) is 0 Å². The summed E-state index contributed by atoms with van der Waals surface area (Å²) in [6.45, 7) is 5.68. The highest BCUT2D eigenvalue weighted by Crippen LogP contribution is 2.30. The van der Waals surface area contributed by atoms with Crippen molar-refractivity contribution >= 4 is 33.1 Å². The van der Waals surface area contributed by atoms with Crippen molar-refractivity contribution < 1.29 is 9.53 Å². The molecule has 7 heteroatoms. The number of methoxy groups -OCH3 is 1. The number of carbonyl (C=O) groups excluding carboxylic acids is 1. The van der Waals surface area contributed by atoms with Gasteiger partial charge in [0, 0.05) is 5.92 Å². The van der Waals surface area contributed by atoms with E-state index in [1.807, 2.05) is 26.0 Å². The monoisotopic (exact) mass is 357 g/mol. The van der Waals surface area contributed by atoms with E-state index >= 15 is 0 Å². The Morgan fingerprint density at radius 2 is 2.04 bits per heavy atom. The van der Waals surface area contributed by atoms with Crippen molar-refractivity contribution in [2.45, 2.75) is 26.7 Å². The van der Waals surface area contributed by atoms with Crippen LogP contribution >= 0.6 is 11.3 Å². The van der Waals surface area contributed by atoms with Crippen LogP contribution in [-0.2, 0) is 0 Å². The minimum absolute atomic E-state index is 0.102. The van der Waals surface area contributed by atoms with Crippen LogP contribution in [0.25, 0.3) is 10.2 Å². The van der Waals surface area contributed by atoms with Crippen LogP contribution in [0.3, 0.4) is 0 Å². The number of nitrogens with one attached hydrogen (secondary N) is 2. The van der Waals surface area contributed by atoms with Crippen molar-refractivity contribution in [3.63, 3.8) is 0 Å². The molecule has 1 aromatic carbocycles. The lowest BCUT2D eigenvalue weighted by Crippen LogP contribution is -2.14. The predicted octanol–water partition coefficient (Wildman–Crippen LogP) is 3.68. The van der Waals surface area contributed by atoms with Gasteiger partial charge in [-0.2, -0.15) is 0 Å². The maximum absolute atomic E-state index is 12.7. The fraction of sp³-hybridized carbons (Fsp3) is 0.278. The molecule has 2 heterocycles. The topological polar surface area (TPSA) is 84.1 Å². The molecule has 130 valence electrons. The summed E-state index contributed by atoms with van der Waals surface area (Å²) in [5, 5.41) is 3.31. The number of anilines is 1. The van der Waals surface area contributed by atoms with Crippen LogP contribution in [0.1, 0.15) is 40.8 Å². The Bertz CT molecular complexity index is 1000. The average Bonchev–Trinajstić information content (AvgIpc) is 2.92. The molecule has 0 saturated heterocycles. The van der Waals surface area contributed by atoms with Gasteiger partial charge in [0.05, 0.1) is 23.1 Å². The highest BCUT2D eigenvalue weighted by molar-refractivity contribution is 7.20. The van der Waals surface area contributed by atoms with Gasteiger partial charge >= 0.3 is 0 Å². The Morgan fingerprint density at radius 3 is 2.72 bits per heavy atom. The Kier molecular flexibility index (Phi) is 4.59. The van der Waals surface area contributed by atoms with Crippen LogP contribution < -0.4 is 15.6 Å². The van der Waals surface area contributed by atoms with E-state index < -0.39 is 0 Å². The number of hydrogen-bond donors (Lipinski definition) is 2. The molecular weight excluding hydrogens is 338 g/mol. The first-order chi connectivity index (χ1) is 11.9. The van der Waals surface area contributed by atoms with E-state index in [1.165, 1.54) is 11.3 Å². The van der Waals surface area contributed by atoms with Gasteiger partial charge in [0.25, 0.3) is 11.5 Å². The third-order valence-electron chi connectivity index (χ3n) is 3.93. The molecule has 2 aromatic heterocycles. The van der Waals surface area contributed by atoms with Crippen molar-refractivity contribution in [2.24, 2.45) is 0 Å². The molecule has 0 atom stereocenters. The first-order valence-corrected chi connectivity index (χ1v) is 8.71. The van der Waals surface area contributed by atoms with Gasteiger partial charge in [0.15, 0.2) is 0 Å². The molecule has 0 aliphatic rings. The van der Waals surface area contributed by atoms with E-state index in [4.69, 9.17) is 4.74 Å². The van der Waals surface area contributed by atoms with Crippen molar-refractivity contribution in [1.82, 2.24) is 9.97 Å². The van der Waals surface area contributed by atoms with Gasteiger partial charge in [-0.25, -0.2) is 4.98 Å². The number of thiophene rings is 1. The first-order valence-electron chi connectivity index (χ1n) is 7.90. The number of fused-ring (bicyclic) bond motifs is 1. The van der Waals surface area contributed by atoms with Crippen LogP contribution in [0.15, 0.2) is 29.1 Å². The van der Waals surface area contributed by atoms with E-state index in [0.29, 0.717) is 37.9 Å². The van der Waals surface area contributed by atoms with Gasteiger partial charge in [-0.15, -0.1) is 11.3 Å². The highest BCUT2D eigenvalue weighted by Gasteiger charge is 2.20. The number of aryl methyl sites for hydroxylation is 1. The number of nitrogens with zero attached hydrogens (tertiary/aromatic N) is 1. The smallest absolute Gasteiger partial charge is 0.266 e. The number of hydrogen-bond acceptors (Lipinski definition) is 5. The lowest BCUT2D eigenvalue weighted by Gasteiger charge is -2.09. The molecular formula is C18H19N3O3S. The fourth-order valence-electron chi connectivity index (χ4n) is 2.58. The number of aromatic amines is 1. The molecule has 0 bridgehead atoms. The molecule has 1 amide bonds. The van der Waals surface area contributed by atoms with Crippen molar-refractivity contribution in [1.29, 1.82) is 0 Å². The van der Waals surface area contributed by atoms with Gasteiger partial charge in [-0.3, -0.25) is 9.59 Å². The fourth-order valence-corrected chi connectivity index (χ4v) is 3.66. The quantitative estimate of drug-likeness (QED) is 0.746. The van der Waals surface area contributed by atoms with Crippen molar-refractivity contribution in [3.05, 3.63) is 50.9 Å². The molecule has 0 aliphatic heterocycles. The SMILES string of the molecule is COc1ccccc1NC(=O)c1sc2nc(C(C)C)[nH]c(=O)c2c1C. The van der Waals surface area contributed by atoms with Crippen molar-refractivity contribution in [3.8, 4) is 5.75 Å². The van der Waals surface area contributed by atoms with Gasteiger partial charge in [0.1, 0.15) is 16.4 Å². The number of ether oxygens (including phenoxy) is 1. The van der Waals surface area contributed by atoms with Crippen LogP contribution in [0.5, 0.6) is 5.75 Å². The molecule has 0 saturated carbocycles. The second-order valence-electron chi connectivity index (χ2n) is 6.00. The Labute approximate surface area is 148 Å². The predicted molar refractivity (Wildman–Crippen MR) is 100 cm³/mol. The number of para-hydroxylation sites is 2. The number of H-pyrrole nitrogens is 1. The van der Waals surface area contributed by atoms with E-state index in [0.717, 1.165) is 0 Å². The van der Waals surface area contributed by atoms with E-state index in [9.17, 15) is 9.59 Å². The summed E-state index contributed by atoms with van der Waals surface area (Å²) in [4.78, 5) is 33.4. The van der Waals surface area contributed by atoms with Gasteiger partial charge < -0.3 is 15.0 Å². The van der Waals surface area contributed by atoms with Crippen LogP contribution in [-0.4, -0.2) is 23.0 Å². The summed E-state index contributed by atoms with van der Waals surface area (Å²) in [6.07, 6.45) is 0. The van der Waals surface area contributed by atoms with Gasteiger partial charge in [-0.05, 0) is 24.6 Å². The number of amides is 1. The van der Waals surface area contributed by atoms with Crippen LogP contribution in [0, 0.1) is 6.92 Å². The second kappa shape index (κ2) is 6.68. The standard InChI is InChI=1S/C18H19N3O3S/c1-9(2)15-20-16(22)13-10(3)14(25-18(13)21-15)17(23)19-11-7-5-6-8-12(11)24-4/h5-9H,1-4H3,(H,19,23)(H,20,21,22). The lowest BCUT2D eigenvalue weighted by molar-refractivity contribution is 0.102. The molecule has 0 aliphatic carbocycles. The molecule has 25 heavy (non-hydrogen) atoms. The minimum Gasteiger partial charge on any atom is -0.495 e. The number of rotatable bonds is 4. The lowest BCUT2D eigenvalue weighted by atomic mass is 10.2. The van der Waals surface area contributed by atoms with Crippen LogP contribution in [0.4, 0.5) is 5.69 Å². The Hall–Kier alpha value is -2.67. The minimum atomic E-state index is -0.282. The molecule has 3 aromatic rings. The molecule has 0 fully saturated rings. The number of carbonyl (C=O) groups is 1. The van der Waals surface area contributed by atoms with E-state index in [-0.39, 0.29) is 17.4 Å². The van der Waals surface area contributed by atoms with Crippen molar-refractivity contribution in [2.75, 3.05) is 12.4 Å². The maximum atomic E-state index is 12.7. The zero-order chi connectivity index (χ0) is 18.1. The molecule has 0 unspecified atom stereocenters. The third-order valence-corrected chi connectivity index (χ3v) is 5.11. The normalized spacial score (nSPS) is 11.1. The van der Waals surface area contributed by atoms with E-state index in [1.54, 1.807) is 26.2 Å². The molecule has 2 N–H and O–H groups in total. The summed E-state index contributed by atoms with van der Waals surface area (Å²) >= 11 is 1.23. The molecule has 3 rings (SSSR count). The Balaban J connectivity index is 2.04. The second-order valence-corrected chi connectivity index (χ2v) is 7.00. The summed E-state index contributed by atoms with van der Waals surface area (Å²) < 4.78 is 5.25. The van der Waals surface area contributed by atoms with Gasteiger partial charge in [-0.1, -0.05) is 26.0 Å². The summed E-state index contributed by atoms with van der Waals surface area (Å²) in [7, 11) is 1.55. The maximum Gasteiger partial charge on any atom is 0.266 e. The molecule has 6 nitrogen and oxygen atoms in total. The van der Waals surface area contributed by atoms with Gasteiger partial charge in [0.2, 0.25) is 0 Å². The average molecular weight is 357 g/mol. The number of benzene rings is 1. The summed E-state index contributed by atoms with van der Waals surface area (Å²) in [5.74, 6) is 1.02. The zero-order valence-electron chi connectivity index (χ0n) is 14.5. The number of aromatic nitrogens is 2. The summed E-state index contributed by atoms with van der Waals surface area (Å²) in [6, 6.07) is 7.18. The first kappa shape index (κ1) is 17.2. The largest absolute Gasteiger partial charge is 0.495 e. The zero-order valence-corrected chi connectivity index (χ0v) is 15.3. The third kappa shape index (κ3) is 3.15. The Morgan fingerprint density at radius 1 is 1.32 bits per heavy atom. The highest BCUT2D eigenvalue weighted by atomic mass is 32.1.